The molecule has 3 nitrogen and oxygen atoms in total. The fourth-order valence-corrected chi connectivity index (χ4v) is 2.72. The molecule has 0 aliphatic carbocycles. The molecule has 0 amide bonds. The Morgan fingerprint density at radius 1 is 1.50 bits per heavy atom. The van der Waals surface area contributed by atoms with Crippen LogP contribution in [0.2, 0.25) is 5.02 Å². The number of rotatable bonds is 4. The van der Waals surface area contributed by atoms with E-state index in [1.807, 2.05) is 42.3 Å². The van der Waals surface area contributed by atoms with E-state index in [4.69, 9.17) is 11.6 Å². The van der Waals surface area contributed by atoms with Gasteiger partial charge in [-0.3, -0.25) is 4.68 Å². The average Bonchev–Trinajstić information content (AvgIpc) is 2.81. The van der Waals surface area contributed by atoms with Crippen molar-refractivity contribution in [2.75, 3.05) is 7.05 Å². The van der Waals surface area contributed by atoms with Gasteiger partial charge >= 0.3 is 0 Å². The Hall–Kier alpha value is -0.840. The van der Waals surface area contributed by atoms with E-state index in [0.717, 1.165) is 27.2 Å². The molecule has 2 rings (SSSR count). The van der Waals surface area contributed by atoms with Crippen LogP contribution in [0.15, 0.2) is 35.1 Å². The Morgan fingerprint density at radius 2 is 2.28 bits per heavy atom. The maximum atomic E-state index is 6.30. The normalized spacial score (nSPS) is 12.7. The number of benzene rings is 1. The van der Waals surface area contributed by atoms with E-state index in [2.05, 4.69) is 33.3 Å². The van der Waals surface area contributed by atoms with Crippen molar-refractivity contribution in [1.29, 1.82) is 0 Å². The third-order valence-corrected chi connectivity index (χ3v) is 3.69. The van der Waals surface area contributed by atoms with Crippen molar-refractivity contribution < 1.29 is 0 Å². The summed E-state index contributed by atoms with van der Waals surface area (Å²) in [7, 11) is 1.92. The second-order valence-electron chi connectivity index (χ2n) is 4.02. The summed E-state index contributed by atoms with van der Waals surface area (Å²) in [5, 5.41) is 8.32. The fraction of sp³-hybridized carbons (Fsp3) is 0.308. The first-order valence-electron chi connectivity index (χ1n) is 5.80. The van der Waals surface area contributed by atoms with Crippen LogP contribution in [0, 0.1) is 0 Å². The minimum atomic E-state index is 0.0610. The lowest BCUT2D eigenvalue weighted by Gasteiger charge is -2.16. The second-order valence-corrected chi connectivity index (χ2v) is 5.34. The van der Waals surface area contributed by atoms with Gasteiger partial charge in [-0.2, -0.15) is 5.10 Å². The molecule has 0 aliphatic rings. The molecule has 2 aromatic rings. The quantitative estimate of drug-likeness (QED) is 0.929. The van der Waals surface area contributed by atoms with Crippen LogP contribution in [0.4, 0.5) is 0 Å². The zero-order valence-corrected chi connectivity index (χ0v) is 12.7. The zero-order chi connectivity index (χ0) is 13.1. The van der Waals surface area contributed by atoms with Crippen molar-refractivity contribution in [3.05, 3.63) is 51.2 Å². The molecule has 0 saturated heterocycles. The van der Waals surface area contributed by atoms with Crippen LogP contribution in [-0.2, 0) is 6.54 Å². The number of nitrogens with one attached hydrogen (secondary N) is 1. The Labute approximate surface area is 120 Å². The molecule has 0 saturated carbocycles. The van der Waals surface area contributed by atoms with E-state index in [1.54, 1.807) is 0 Å². The minimum absolute atomic E-state index is 0.0610. The molecule has 1 heterocycles. The van der Waals surface area contributed by atoms with Crippen molar-refractivity contribution in [2.24, 2.45) is 0 Å². The molecule has 0 aliphatic heterocycles. The summed E-state index contributed by atoms with van der Waals surface area (Å²) in [4.78, 5) is 0. The first kappa shape index (κ1) is 13.6. The highest BCUT2D eigenvalue weighted by atomic mass is 79.9. The number of aryl methyl sites for hydroxylation is 1. The predicted molar refractivity (Wildman–Crippen MR) is 78.0 cm³/mol. The van der Waals surface area contributed by atoms with Crippen LogP contribution in [0.5, 0.6) is 0 Å². The molecular weight excluding hydrogens is 314 g/mol. The largest absolute Gasteiger partial charge is 0.309 e. The van der Waals surface area contributed by atoms with Crippen molar-refractivity contribution >= 4 is 27.5 Å². The molecule has 96 valence electrons. The van der Waals surface area contributed by atoms with Crippen LogP contribution in [0.25, 0.3) is 0 Å². The molecule has 0 bridgehead atoms. The molecule has 0 fully saturated rings. The van der Waals surface area contributed by atoms with Gasteiger partial charge in [-0.25, -0.2) is 0 Å². The molecule has 1 N–H and O–H groups in total. The lowest BCUT2D eigenvalue weighted by Crippen LogP contribution is -2.17. The van der Waals surface area contributed by atoms with Gasteiger partial charge in [0, 0.05) is 27.8 Å². The average molecular weight is 329 g/mol. The van der Waals surface area contributed by atoms with Crippen LogP contribution in [0.3, 0.4) is 0 Å². The molecule has 1 unspecified atom stereocenters. The van der Waals surface area contributed by atoms with Crippen molar-refractivity contribution in [3.8, 4) is 0 Å². The summed E-state index contributed by atoms with van der Waals surface area (Å²) in [5.41, 5.74) is 2.17. The van der Waals surface area contributed by atoms with E-state index in [-0.39, 0.29) is 6.04 Å². The Bertz CT molecular complexity index is 539. The molecule has 18 heavy (non-hydrogen) atoms. The number of halogens is 2. The van der Waals surface area contributed by atoms with Crippen molar-refractivity contribution in [3.63, 3.8) is 0 Å². The van der Waals surface area contributed by atoms with Gasteiger partial charge in [-0.05, 0) is 31.7 Å². The molecular formula is C13H15BrClN3. The number of aromatic nitrogens is 2. The lowest BCUT2D eigenvalue weighted by atomic mass is 10.0. The highest BCUT2D eigenvalue weighted by Crippen LogP contribution is 2.30. The first-order valence-corrected chi connectivity index (χ1v) is 6.97. The number of hydrogen-bond acceptors (Lipinski definition) is 2. The summed E-state index contributed by atoms with van der Waals surface area (Å²) in [6, 6.07) is 5.99. The molecule has 1 atom stereocenters. The molecule has 0 radical (unpaired) electrons. The van der Waals surface area contributed by atoms with Crippen LogP contribution in [0.1, 0.15) is 24.1 Å². The molecule has 1 aromatic heterocycles. The summed E-state index contributed by atoms with van der Waals surface area (Å²) < 4.78 is 2.89. The lowest BCUT2D eigenvalue weighted by molar-refractivity contribution is 0.653. The monoisotopic (exact) mass is 327 g/mol. The van der Waals surface area contributed by atoms with Crippen LogP contribution >= 0.6 is 27.5 Å². The maximum Gasteiger partial charge on any atom is 0.0620 e. The van der Waals surface area contributed by atoms with Crippen molar-refractivity contribution in [2.45, 2.75) is 19.5 Å². The smallest absolute Gasteiger partial charge is 0.0620 e. The predicted octanol–water partition coefficient (Wildman–Crippen LogP) is 3.63. The van der Waals surface area contributed by atoms with Crippen LogP contribution in [-0.4, -0.2) is 16.8 Å². The summed E-state index contributed by atoms with van der Waals surface area (Å²) in [6.07, 6.45) is 3.92. The third-order valence-electron chi connectivity index (χ3n) is 2.87. The van der Waals surface area contributed by atoms with E-state index < -0.39 is 0 Å². The van der Waals surface area contributed by atoms with Gasteiger partial charge in [0.15, 0.2) is 0 Å². The Morgan fingerprint density at radius 3 is 2.83 bits per heavy atom. The number of hydrogen-bond donors (Lipinski definition) is 1. The number of nitrogens with zero attached hydrogens (tertiary/aromatic N) is 2. The second kappa shape index (κ2) is 5.87. The van der Waals surface area contributed by atoms with Gasteiger partial charge in [0.05, 0.1) is 12.2 Å². The van der Waals surface area contributed by atoms with Crippen molar-refractivity contribution in [1.82, 2.24) is 15.1 Å². The van der Waals surface area contributed by atoms with E-state index in [9.17, 15) is 0 Å². The van der Waals surface area contributed by atoms with Gasteiger partial charge in [0.25, 0.3) is 0 Å². The van der Waals surface area contributed by atoms with E-state index in [0.29, 0.717) is 0 Å². The van der Waals surface area contributed by atoms with Gasteiger partial charge in [0.1, 0.15) is 0 Å². The molecule has 0 spiro atoms. The standard InChI is InChI=1S/C13H15BrClN3/c1-3-18-8-9(7-17-18)13(16-2)11-5-4-10(14)6-12(11)15/h4-8,13,16H,3H2,1-2H3. The van der Waals surface area contributed by atoms with Gasteiger partial charge in [-0.15, -0.1) is 0 Å². The van der Waals surface area contributed by atoms with Gasteiger partial charge in [-0.1, -0.05) is 33.6 Å². The minimum Gasteiger partial charge on any atom is -0.309 e. The maximum absolute atomic E-state index is 6.30. The SMILES string of the molecule is CCn1cc(C(NC)c2ccc(Br)cc2Cl)cn1. The summed E-state index contributed by atoms with van der Waals surface area (Å²) in [6.45, 7) is 2.93. The molecule has 5 heteroatoms. The highest BCUT2D eigenvalue weighted by molar-refractivity contribution is 9.10. The third kappa shape index (κ3) is 2.76. The van der Waals surface area contributed by atoms with Gasteiger partial charge in [0.2, 0.25) is 0 Å². The fourth-order valence-electron chi connectivity index (χ4n) is 1.94. The van der Waals surface area contributed by atoms with Gasteiger partial charge < -0.3 is 5.32 Å². The van der Waals surface area contributed by atoms with E-state index in [1.165, 1.54) is 0 Å². The topological polar surface area (TPSA) is 29.9 Å². The van der Waals surface area contributed by atoms with Crippen LogP contribution < -0.4 is 5.32 Å². The van der Waals surface area contributed by atoms with E-state index >= 15 is 0 Å². The first-order chi connectivity index (χ1) is 8.65. The highest BCUT2D eigenvalue weighted by Gasteiger charge is 2.16. The zero-order valence-electron chi connectivity index (χ0n) is 10.3. The molecule has 1 aromatic carbocycles. The Kier molecular flexibility index (Phi) is 4.43. The Balaban J connectivity index is 2.38. The summed E-state index contributed by atoms with van der Waals surface area (Å²) >= 11 is 9.71. The summed E-state index contributed by atoms with van der Waals surface area (Å²) in [5.74, 6) is 0.